The quantitative estimate of drug-likeness (QED) is 0.575. The van der Waals surface area contributed by atoms with Gasteiger partial charge >= 0.3 is 5.97 Å². The Labute approximate surface area is 83.2 Å². The maximum absolute atomic E-state index is 11.0. The molecule has 0 saturated heterocycles. The lowest BCUT2D eigenvalue weighted by molar-refractivity contribution is -0.139. The topological polar surface area (TPSA) is 52.3 Å². The van der Waals surface area contributed by atoms with Crippen LogP contribution in [0, 0.1) is 0 Å². The number of benzene rings is 1. The summed E-state index contributed by atoms with van der Waals surface area (Å²) in [5.41, 5.74) is 6.16. The van der Waals surface area contributed by atoms with Crippen molar-refractivity contribution in [1.82, 2.24) is 0 Å². The number of ether oxygens (including phenoxy) is 1. The highest BCUT2D eigenvalue weighted by atomic mass is 16.5. The van der Waals surface area contributed by atoms with Crippen LogP contribution in [0.25, 0.3) is 0 Å². The summed E-state index contributed by atoms with van der Waals surface area (Å²) in [4.78, 5) is 11.0. The van der Waals surface area contributed by atoms with Gasteiger partial charge in [0, 0.05) is 12.6 Å². The Morgan fingerprint density at radius 2 is 2.07 bits per heavy atom. The summed E-state index contributed by atoms with van der Waals surface area (Å²) in [5.74, 6) is -0.362. The van der Waals surface area contributed by atoms with E-state index < -0.39 is 0 Å². The van der Waals surface area contributed by atoms with E-state index in [1.165, 1.54) is 6.08 Å². The van der Waals surface area contributed by atoms with E-state index >= 15 is 0 Å². The van der Waals surface area contributed by atoms with Crippen molar-refractivity contribution in [3.8, 4) is 0 Å². The molecule has 0 heterocycles. The van der Waals surface area contributed by atoms with E-state index in [-0.39, 0.29) is 5.97 Å². The van der Waals surface area contributed by atoms with Crippen molar-refractivity contribution < 1.29 is 9.53 Å². The zero-order valence-corrected chi connectivity index (χ0v) is 7.85. The molecule has 0 aliphatic carbocycles. The number of rotatable bonds is 4. The largest absolute Gasteiger partial charge is 0.458 e. The molecule has 0 unspecified atom stereocenters. The van der Waals surface area contributed by atoms with E-state index in [1.807, 2.05) is 30.3 Å². The third kappa shape index (κ3) is 3.87. The monoisotopic (exact) mass is 191 g/mol. The van der Waals surface area contributed by atoms with E-state index in [9.17, 15) is 4.79 Å². The van der Waals surface area contributed by atoms with E-state index in [4.69, 9.17) is 10.5 Å². The van der Waals surface area contributed by atoms with Gasteiger partial charge in [-0.25, -0.2) is 4.79 Å². The van der Waals surface area contributed by atoms with E-state index in [2.05, 4.69) is 0 Å². The lowest BCUT2D eigenvalue weighted by Crippen LogP contribution is -2.02. The molecule has 1 rings (SSSR count). The molecule has 1 aromatic rings. The molecule has 3 nitrogen and oxygen atoms in total. The SMILES string of the molecule is NC/C=C/C(=O)OCc1ccccc1. The second-order valence-electron chi connectivity index (χ2n) is 2.73. The number of hydrogen-bond donors (Lipinski definition) is 1. The molecule has 0 bridgehead atoms. The van der Waals surface area contributed by atoms with Gasteiger partial charge in [-0.3, -0.25) is 0 Å². The average molecular weight is 191 g/mol. The van der Waals surface area contributed by atoms with E-state index in [1.54, 1.807) is 6.08 Å². The van der Waals surface area contributed by atoms with Gasteiger partial charge in [-0.15, -0.1) is 0 Å². The highest BCUT2D eigenvalue weighted by Gasteiger charge is 1.96. The molecule has 0 fully saturated rings. The molecular formula is C11H13NO2. The van der Waals surface area contributed by atoms with Crippen LogP contribution in [0.15, 0.2) is 42.5 Å². The van der Waals surface area contributed by atoms with Gasteiger partial charge in [-0.05, 0) is 5.56 Å². The van der Waals surface area contributed by atoms with Gasteiger partial charge in [0.25, 0.3) is 0 Å². The van der Waals surface area contributed by atoms with Crippen molar-refractivity contribution in [3.05, 3.63) is 48.0 Å². The lowest BCUT2D eigenvalue weighted by Gasteiger charge is -2.00. The van der Waals surface area contributed by atoms with Crippen molar-refractivity contribution >= 4 is 5.97 Å². The molecular weight excluding hydrogens is 178 g/mol. The summed E-state index contributed by atoms with van der Waals surface area (Å²) in [7, 11) is 0. The molecule has 2 N–H and O–H groups in total. The van der Waals surface area contributed by atoms with Gasteiger partial charge in [0.1, 0.15) is 6.61 Å². The Kier molecular flexibility index (Phi) is 4.44. The van der Waals surface area contributed by atoms with Crippen molar-refractivity contribution in [2.45, 2.75) is 6.61 Å². The van der Waals surface area contributed by atoms with Crippen molar-refractivity contribution in [3.63, 3.8) is 0 Å². The van der Waals surface area contributed by atoms with Crippen molar-refractivity contribution in [1.29, 1.82) is 0 Å². The first-order valence-corrected chi connectivity index (χ1v) is 4.40. The summed E-state index contributed by atoms with van der Waals surface area (Å²) in [6, 6.07) is 9.53. The molecule has 0 aromatic heterocycles. The summed E-state index contributed by atoms with van der Waals surface area (Å²) >= 11 is 0. The highest BCUT2D eigenvalue weighted by molar-refractivity contribution is 5.81. The second kappa shape index (κ2) is 5.94. The minimum Gasteiger partial charge on any atom is -0.458 e. The molecule has 74 valence electrons. The summed E-state index contributed by atoms with van der Waals surface area (Å²) in [6.45, 7) is 0.648. The third-order valence-corrected chi connectivity index (χ3v) is 1.61. The van der Waals surface area contributed by atoms with Crippen LogP contribution in [0.2, 0.25) is 0 Å². The van der Waals surface area contributed by atoms with E-state index in [0.29, 0.717) is 13.2 Å². The normalized spacial score (nSPS) is 10.4. The molecule has 0 aliphatic rings. The number of carbonyl (C=O) groups excluding carboxylic acids is 1. The van der Waals surface area contributed by atoms with Gasteiger partial charge in [-0.1, -0.05) is 36.4 Å². The Morgan fingerprint density at radius 1 is 1.36 bits per heavy atom. The Bertz CT molecular complexity index is 306. The molecule has 14 heavy (non-hydrogen) atoms. The zero-order valence-electron chi connectivity index (χ0n) is 7.85. The molecule has 3 heteroatoms. The molecule has 0 amide bonds. The Hall–Kier alpha value is -1.61. The van der Waals surface area contributed by atoms with Crippen LogP contribution < -0.4 is 5.73 Å². The van der Waals surface area contributed by atoms with Crippen LogP contribution in [0.4, 0.5) is 0 Å². The fourth-order valence-corrected chi connectivity index (χ4v) is 0.941. The summed E-state index contributed by atoms with van der Waals surface area (Å²) in [6.07, 6.45) is 2.90. The number of hydrogen-bond acceptors (Lipinski definition) is 3. The standard InChI is InChI=1S/C11H13NO2/c12-8-4-7-11(13)14-9-10-5-2-1-3-6-10/h1-7H,8-9,12H2/b7-4+. The maximum atomic E-state index is 11.0. The molecule has 0 radical (unpaired) electrons. The van der Waals surface area contributed by atoms with Gasteiger partial charge < -0.3 is 10.5 Å². The zero-order chi connectivity index (χ0) is 10.2. The van der Waals surface area contributed by atoms with Crippen LogP contribution in [-0.4, -0.2) is 12.5 Å². The van der Waals surface area contributed by atoms with Crippen LogP contribution in [-0.2, 0) is 16.1 Å². The fraction of sp³-hybridized carbons (Fsp3) is 0.182. The smallest absolute Gasteiger partial charge is 0.330 e. The molecule has 0 atom stereocenters. The molecule has 0 spiro atoms. The first kappa shape index (κ1) is 10.5. The van der Waals surface area contributed by atoms with Crippen LogP contribution >= 0.6 is 0 Å². The van der Waals surface area contributed by atoms with Crippen LogP contribution in [0.5, 0.6) is 0 Å². The fourth-order valence-electron chi connectivity index (χ4n) is 0.941. The average Bonchev–Trinajstić information content (AvgIpc) is 2.25. The highest BCUT2D eigenvalue weighted by Crippen LogP contribution is 2.00. The van der Waals surface area contributed by atoms with Crippen molar-refractivity contribution in [2.75, 3.05) is 6.54 Å². The predicted octanol–water partition coefficient (Wildman–Crippen LogP) is 1.24. The Balaban J connectivity index is 2.34. The molecule has 0 aliphatic heterocycles. The first-order chi connectivity index (χ1) is 6.83. The first-order valence-electron chi connectivity index (χ1n) is 4.40. The minimum atomic E-state index is -0.362. The number of esters is 1. The van der Waals surface area contributed by atoms with Crippen LogP contribution in [0.3, 0.4) is 0 Å². The lowest BCUT2D eigenvalue weighted by atomic mass is 10.2. The van der Waals surface area contributed by atoms with Crippen LogP contribution in [0.1, 0.15) is 5.56 Å². The molecule has 0 saturated carbocycles. The summed E-state index contributed by atoms with van der Waals surface area (Å²) in [5, 5.41) is 0. The predicted molar refractivity (Wildman–Crippen MR) is 54.4 cm³/mol. The number of nitrogens with two attached hydrogens (primary N) is 1. The summed E-state index contributed by atoms with van der Waals surface area (Å²) < 4.78 is 4.95. The van der Waals surface area contributed by atoms with Gasteiger partial charge in [0.05, 0.1) is 0 Å². The van der Waals surface area contributed by atoms with Gasteiger partial charge in [-0.2, -0.15) is 0 Å². The maximum Gasteiger partial charge on any atom is 0.330 e. The molecule has 1 aromatic carbocycles. The minimum absolute atomic E-state index is 0.300. The van der Waals surface area contributed by atoms with Crippen molar-refractivity contribution in [2.24, 2.45) is 5.73 Å². The third-order valence-electron chi connectivity index (χ3n) is 1.61. The van der Waals surface area contributed by atoms with E-state index in [0.717, 1.165) is 5.56 Å². The second-order valence-corrected chi connectivity index (χ2v) is 2.73. The number of carbonyl (C=O) groups is 1. The Morgan fingerprint density at radius 3 is 2.71 bits per heavy atom. The van der Waals surface area contributed by atoms with Gasteiger partial charge in [0.15, 0.2) is 0 Å². The van der Waals surface area contributed by atoms with Gasteiger partial charge in [0.2, 0.25) is 0 Å².